The smallest absolute Gasteiger partial charge is 0.0159 e. The Morgan fingerprint density at radius 3 is 0.633 bits per heavy atom. The van der Waals surface area contributed by atoms with E-state index in [1.807, 2.05) is 0 Å². The molecule has 3 aliphatic carbocycles. The van der Waals surface area contributed by atoms with Crippen LogP contribution in [-0.4, -0.2) is 0 Å². The van der Waals surface area contributed by atoms with Gasteiger partial charge in [0.1, 0.15) is 0 Å². The lowest BCUT2D eigenvalue weighted by atomic mass is 9.79. The highest BCUT2D eigenvalue weighted by atomic mass is 14.4. The maximum atomic E-state index is 2.43. The van der Waals surface area contributed by atoms with Crippen molar-refractivity contribution in [2.45, 2.75) is 85.5 Å². The van der Waals surface area contributed by atoms with Crippen molar-refractivity contribution in [2.75, 3.05) is 0 Å². The minimum atomic E-state index is -0.0677. The van der Waals surface area contributed by atoms with Crippen LogP contribution in [0.15, 0.2) is 473 Å². The Kier molecular flexibility index (Phi) is 20.7. The molecule has 0 spiro atoms. The monoisotopic (exact) mass is 1870 g/mol. The summed E-state index contributed by atoms with van der Waals surface area (Å²) in [4.78, 5) is 0. The highest BCUT2D eigenvalue weighted by Crippen LogP contribution is 2.61. The molecule has 0 amide bonds. The highest BCUT2D eigenvalue weighted by Gasteiger charge is 2.42. The first-order valence-electron chi connectivity index (χ1n) is 52.1. The van der Waals surface area contributed by atoms with E-state index in [1.165, 1.54) is 308 Å². The Bertz CT molecular complexity index is 9920. The topological polar surface area (TPSA) is 0 Å². The summed E-state index contributed by atoms with van der Waals surface area (Å²) in [7, 11) is 0. The van der Waals surface area contributed by atoms with Crippen LogP contribution in [0.2, 0.25) is 0 Å². The van der Waals surface area contributed by atoms with Gasteiger partial charge in [0.15, 0.2) is 0 Å². The highest BCUT2D eigenvalue weighted by molar-refractivity contribution is 6.32. The van der Waals surface area contributed by atoms with E-state index in [-0.39, 0.29) is 16.2 Å². The van der Waals surface area contributed by atoms with E-state index in [4.69, 9.17) is 0 Å². The van der Waals surface area contributed by atoms with E-state index in [2.05, 4.69) is 542 Å². The van der Waals surface area contributed by atoms with Crippen molar-refractivity contribution in [1.29, 1.82) is 0 Å². The summed E-state index contributed by atoms with van der Waals surface area (Å²) in [6.07, 6.45) is 0. The molecule has 0 atom stereocenters. The molecule has 0 saturated heterocycles. The Morgan fingerprint density at radius 2 is 0.333 bits per heavy atom. The predicted molar refractivity (Wildman–Crippen MR) is 632 cm³/mol. The zero-order valence-electron chi connectivity index (χ0n) is 84.5. The predicted octanol–water partition coefficient (Wildman–Crippen LogP) is 40.9. The maximum absolute atomic E-state index is 2.43. The molecular weight excluding hydrogens is 1770 g/mol. The lowest BCUT2D eigenvalue weighted by Gasteiger charge is -2.24. The van der Waals surface area contributed by atoms with Gasteiger partial charge < -0.3 is 0 Å². The van der Waals surface area contributed by atoms with Crippen LogP contribution in [0.1, 0.15) is 97.2 Å². The van der Waals surface area contributed by atoms with E-state index in [0.29, 0.717) is 0 Å². The first kappa shape index (κ1) is 88.5. The third-order valence-electron chi connectivity index (χ3n) is 33.3. The molecule has 0 radical (unpaired) electrons. The number of benzene rings is 26. The maximum Gasteiger partial charge on any atom is 0.0159 e. The second kappa shape index (κ2) is 34.4. The molecule has 0 aliphatic heterocycles. The molecule has 147 heavy (non-hydrogen) atoms. The van der Waals surface area contributed by atoms with Crippen LogP contribution in [0.3, 0.4) is 0 Å². The molecule has 0 aromatic heterocycles. The fourth-order valence-corrected chi connectivity index (χ4v) is 26.7. The molecular formula is C147H108. The number of hydrogen-bond acceptors (Lipinski definition) is 0. The fourth-order valence-electron chi connectivity index (χ4n) is 26.7. The summed E-state index contributed by atoms with van der Waals surface area (Å²) >= 11 is 0. The van der Waals surface area contributed by atoms with Gasteiger partial charge in [0.05, 0.1) is 0 Å². The second-order valence-electron chi connectivity index (χ2n) is 42.7. The average molecular weight is 1870 g/mol. The molecule has 0 N–H and O–H groups in total. The van der Waals surface area contributed by atoms with Crippen molar-refractivity contribution in [3.63, 3.8) is 0 Å². The second-order valence-corrected chi connectivity index (χ2v) is 42.7. The van der Waals surface area contributed by atoms with Gasteiger partial charge in [-0.25, -0.2) is 0 Å². The van der Waals surface area contributed by atoms with E-state index in [9.17, 15) is 0 Å². The summed E-state index contributed by atoms with van der Waals surface area (Å²) in [5, 5.41) is 28.3. The molecule has 696 valence electrons. The van der Waals surface area contributed by atoms with Crippen molar-refractivity contribution in [3.05, 3.63) is 529 Å². The Hall–Kier alpha value is -17.4. The van der Waals surface area contributed by atoms with Crippen molar-refractivity contribution >= 4 is 118 Å². The van der Waals surface area contributed by atoms with E-state index >= 15 is 0 Å². The summed E-state index contributed by atoms with van der Waals surface area (Å²) in [6, 6.07) is 177. The number of hydrogen-bond donors (Lipinski definition) is 0. The van der Waals surface area contributed by atoms with Gasteiger partial charge in [-0.05, 0) is 319 Å². The molecule has 0 bridgehead atoms. The van der Waals surface area contributed by atoms with Crippen molar-refractivity contribution in [1.82, 2.24) is 0 Å². The molecule has 0 saturated carbocycles. The van der Waals surface area contributed by atoms with E-state index in [1.54, 1.807) is 0 Å². The van der Waals surface area contributed by atoms with E-state index in [0.717, 1.165) is 0 Å². The first-order valence-corrected chi connectivity index (χ1v) is 52.1. The molecule has 29 rings (SSSR count). The van der Waals surface area contributed by atoms with Gasteiger partial charge in [-0.1, -0.05) is 531 Å². The van der Waals surface area contributed by atoms with E-state index < -0.39 is 0 Å². The zero-order valence-corrected chi connectivity index (χ0v) is 84.5. The zero-order chi connectivity index (χ0) is 99.0. The quantitative estimate of drug-likeness (QED) is 0.126. The summed E-state index contributed by atoms with van der Waals surface area (Å²) < 4.78 is 0. The number of rotatable bonds is 9. The molecule has 26 aromatic carbocycles. The Labute approximate surface area is 859 Å². The van der Waals surface area contributed by atoms with Crippen molar-refractivity contribution in [3.8, 4) is 134 Å². The third-order valence-corrected chi connectivity index (χ3v) is 33.3. The summed E-state index contributed by atoms with van der Waals surface area (Å²) in [5.41, 5.74) is 44.9. The number of aryl methyl sites for hydroxylation is 4. The molecule has 26 aromatic rings. The lowest BCUT2D eigenvalue weighted by Crippen LogP contribution is -2.14. The van der Waals surface area contributed by atoms with Gasteiger partial charge in [-0.3, -0.25) is 0 Å². The molecule has 0 nitrogen and oxygen atoms in total. The fraction of sp³-hybridized carbons (Fsp3) is 0.0884. The SMILES string of the molecule is Cc1ccc2c(-c3c(C)ccc4ccccc34)c3ccccc3c(-c3cccc4c3-c3ccccc3C4(C)C)c2c1.Cc1ccc2c(-c3c4ccccc4c(-c4ccccc4)c4ccccc34)c3ccccc3c(-c3cccc4c3-c3ccccc3C4(C)C)c2c1.Cc1ccc2c(-c3ccc(-c4c5ccccc5c(-c5ccccc5)c5ccccc45)cc3)c3ccccc3c(-c3cccc4c3-c3ccccc3C4(C)C)c2c1. The van der Waals surface area contributed by atoms with Crippen LogP contribution in [0.4, 0.5) is 0 Å². The van der Waals surface area contributed by atoms with Gasteiger partial charge in [-0.15, -0.1) is 0 Å². The van der Waals surface area contributed by atoms with Gasteiger partial charge in [0, 0.05) is 16.2 Å². The minimum Gasteiger partial charge on any atom is -0.0622 e. The number of fused-ring (bicyclic) bond motifs is 20. The van der Waals surface area contributed by atoms with Crippen LogP contribution in [0, 0.1) is 27.7 Å². The van der Waals surface area contributed by atoms with Crippen LogP contribution in [0.5, 0.6) is 0 Å². The third kappa shape index (κ3) is 13.7. The van der Waals surface area contributed by atoms with Gasteiger partial charge in [0.2, 0.25) is 0 Å². The average Bonchev–Trinajstić information content (AvgIpc) is 1.70. The minimum absolute atomic E-state index is 0.0382. The van der Waals surface area contributed by atoms with Crippen LogP contribution < -0.4 is 0 Å². The Morgan fingerprint density at radius 1 is 0.122 bits per heavy atom. The molecule has 0 unspecified atom stereocenters. The molecule has 3 aliphatic rings. The largest absolute Gasteiger partial charge is 0.0622 e. The standard InChI is InChI=1S/C56H40.C50H36.C41H32/c1-35-28-33-45-48(34-35)54(47-25-15-27-50-55(47)46-24-13-14-26-49(46)56(50,2)3)44-23-12-11-22-43(44)53(45)38-31-29-37(30-32-38)52-41-20-9-7-18-39(41)51(36-16-5-4-6-17-36)40-19-8-10-21-42(40)52;1-31-28-29-39-42(30-31)46(41-25-15-27-44-47(41)40-24-13-14-26-43(40)50(44,2)3)35-20-9-12-23-38(35)49(39)48-36-21-10-7-18-33(36)45(32-16-5-4-6-17-32)34-19-8-11-22-37(34)48;1-25-20-23-31-34(24-25)38(33-17-11-19-36-39(33)32-16-9-10-18-35(32)41(36,3)4)29-14-7-8-15-30(29)40(31)37-26(2)21-22-27-12-5-6-13-28(27)37/h4-34H,1-3H3;4-30H,1-3H3;5-24H,1-4H3. The van der Waals surface area contributed by atoms with Crippen LogP contribution in [0.25, 0.3) is 252 Å². The van der Waals surface area contributed by atoms with Gasteiger partial charge in [0.25, 0.3) is 0 Å². The van der Waals surface area contributed by atoms with Gasteiger partial charge >= 0.3 is 0 Å². The lowest BCUT2D eigenvalue weighted by molar-refractivity contribution is 0.660. The van der Waals surface area contributed by atoms with Crippen LogP contribution >= 0.6 is 0 Å². The summed E-state index contributed by atoms with van der Waals surface area (Å²) in [6.45, 7) is 23.2. The van der Waals surface area contributed by atoms with Gasteiger partial charge in [-0.2, -0.15) is 0 Å². The normalized spacial score (nSPS) is 13.3. The molecule has 0 heteroatoms. The summed E-state index contributed by atoms with van der Waals surface area (Å²) in [5.74, 6) is 0. The molecule has 0 heterocycles. The van der Waals surface area contributed by atoms with Crippen molar-refractivity contribution in [2.24, 2.45) is 0 Å². The van der Waals surface area contributed by atoms with Crippen molar-refractivity contribution < 1.29 is 0 Å². The van der Waals surface area contributed by atoms with Crippen LogP contribution in [-0.2, 0) is 16.2 Å². The first-order chi connectivity index (χ1) is 72.0. The molecule has 0 fully saturated rings. The Balaban J connectivity index is 0.000000110.